The molecule has 0 saturated carbocycles. The Kier molecular flexibility index (Phi) is 4.04. The second-order valence-electron chi connectivity index (χ2n) is 4.88. The highest BCUT2D eigenvalue weighted by Crippen LogP contribution is 2.28. The molecule has 116 valence electrons. The normalized spacial score (nSPS) is 10.5. The number of H-pyrrole nitrogens is 1. The van der Waals surface area contributed by atoms with Gasteiger partial charge in [-0.1, -0.05) is 29.8 Å². The molecule has 0 fully saturated rings. The summed E-state index contributed by atoms with van der Waals surface area (Å²) in [7, 11) is 1.47. The zero-order chi connectivity index (χ0) is 16.4. The first-order valence-electron chi connectivity index (χ1n) is 6.85. The largest absolute Gasteiger partial charge is 0.495 e. The van der Waals surface area contributed by atoms with Crippen LogP contribution < -0.4 is 10.1 Å². The number of anilines is 1. The van der Waals surface area contributed by atoms with Crippen LogP contribution in [0.5, 0.6) is 5.75 Å². The van der Waals surface area contributed by atoms with Crippen LogP contribution in [-0.4, -0.2) is 23.8 Å². The van der Waals surface area contributed by atoms with E-state index in [1.807, 2.05) is 18.2 Å². The smallest absolute Gasteiger partial charge is 0.296 e. The summed E-state index contributed by atoms with van der Waals surface area (Å²) in [5.41, 5.74) is 1.46. The average Bonchev–Trinajstić information content (AvgIpc) is 2.98. The van der Waals surface area contributed by atoms with E-state index < -0.39 is 11.7 Å². The lowest BCUT2D eigenvalue weighted by molar-refractivity contribution is -0.112. The van der Waals surface area contributed by atoms with Crippen LogP contribution in [0.3, 0.4) is 0 Å². The summed E-state index contributed by atoms with van der Waals surface area (Å²) in [5, 5.41) is 3.67. The van der Waals surface area contributed by atoms with Crippen molar-refractivity contribution >= 4 is 39.9 Å². The number of halogens is 1. The fourth-order valence-corrected chi connectivity index (χ4v) is 2.51. The number of carbonyl (C=O) groups is 2. The van der Waals surface area contributed by atoms with Crippen molar-refractivity contribution in [1.29, 1.82) is 0 Å². The minimum absolute atomic E-state index is 0.319. The number of methoxy groups -OCH3 is 1. The van der Waals surface area contributed by atoms with Gasteiger partial charge in [0, 0.05) is 22.1 Å². The number of benzene rings is 2. The van der Waals surface area contributed by atoms with E-state index in [2.05, 4.69) is 10.3 Å². The number of para-hydroxylation sites is 1. The lowest BCUT2D eigenvalue weighted by Crippen LogP contribution is -2.23. The Labute approximate surface area is 137 Å². The summed E-state index contributed by atoms with van der Waals surface area (Å²) in [6.45, 7) is 0. The highest BCUT2D eigenvalue weighted by atomic mass is 35.5. The number of fused-ring (bicyclic) bond motifs is 1. The predicted molar refractivity (Wildman–Crippen MR) is 89.3 cm³/mol. The van der Waals surface area contributed by atoms with Crippen LogP contribution in [-0.2, 0) is 4.79 Å². The summed E-state index contributed by atoms with van der Waals surface area (Å²) < 4.78 is 5.15. The van der Waals surface area contributed by atoms with Crippen LogP contribution in [0.25, 0.3) is 10.9 Å². The van der Waals surface area contributed by atoms with Crippen molar-refractivity contribution in [2.24, 2.45) is 0 Å². The molecular weight excluding hydrogens is 316 g/mol. The molecule has 5 nitrogen and oxygen atoms in total. The van der Waals surface area contributed by atoms with Crippen LogP contribution in [0.15, 0.2) is 48.7 Å². The first kappa shape index (κ1) is 15.1. The summed E-state index contributed by atoms with van der Waals surface area (Å²) in [5.74, 6) is -0.964. The average molecular weight is 329 g/mol. The zero-order valence-electron chi connectivity index (χ0n) is 12.2. The van der Waals surface area contributed by atoms with Gasteiger partial charge >= 0.3 is 0 Å². The Morgan fingerprint density at radius 3 is 2.74 bits per heavy atom. The van der Waals surface area contributed by atoms with Crippen LogP contribution in [0, 0.1) is 0 Å². The van der Waals surface area contributed by atoms with Gasteiger partial charge in [0.15, 0.2) is 0 Å². The second kappa shape index (κ2) is 6.14. The number of rotatable bonds is 4. The number of aromatic nitrogens is 1. The molecule has 2 N–H and O–H groups in total. The first-order chi connectivity index (χ1) is 11.1. The maximum atomic E-state index is 12.4. The molecule has 1 amide bonds. The van der Waals surface area contributed by atoms with Gasteiger partial charge in [0.1, 0.15) is 5.75 Å². The van der Waals surface area contributed by atoms with E-state index in [0.29, 0.717) is 27.4 Å². The van der Waals surface area contributed by atoms with Crippen LogP contribution in [0.4, 0.5) is 5.69 Å². The lowest BCUT2D eigenvalue weighted by Gasteiger charge is -2.09. The molecule has 6 heteroatoms. The standard InChI is InChI=1S/C17H13ClN2O3/c1-23-15-7-6-10(18)8-14(15)20-17(22)16(21)12-9-19-13-5-3-2-4-11(12)13/h2-9,19H,1H3,(H,20,22). The van der Waals surface area contributed by atoms with Crippen LogP contribution >= 0.6 is 11.6 Å². The number of hydrogen-bond acceptors (Lipinski definition) is 3. The van der Waals surface area contributed by atoms with Gasteiger partial charge in [-0.15, -0.1) is 0 Å². The van der Waals surface area contributed by atoms with E-state index in [9.17, 15) is 9.59 Å². The third-order valence-electron chi connectivity index (χ3n) is 3.45. The van der Waals surface area contributed by atoms with E-state index in [-0.39, 0.29) is 0 Å². The maximum Gasteiger partial charge on any atom is 0.296 e. The minimum atomic E-state index is -0.754. The van der Waals surface area contributed by atoms with Crippen LogP contribution in [0.1, 0.15) is 10.4 Å². The van der Waals surface area contributed by atoms with E-state index in [1.54, 1.807) is 18.2 Å². The molecule has 0 radical (unpaired) electrons. The molecule has 0 aliphatic rings. The van der Waals surface area contributed by atoms with Gasteiger partial charge in [-0.2, -0.15) is 0 Å². The van der Waals surface area contributed by atoms with E-state index >= 15 is 0 Å². The molecule has 0 spiro atoms. The maximum absolute atomic E-state index is 12.4. The Morgan fingerprint density at radius 2 is 1.96 bits per heavy atom. The van der Waals surface area contributed by atoms with Crippen LogP contribution in [0.2, 0.25) is 5.02 Å². The fraction of sp³-hybridized carbons (Fsp3) is 0.0588. The van der Waals surface area contributed by atoms with Crippen molar-refractivity contribution < 1.29 is 14.3 Å². The molecule has 0 atom stereocenters. The molecule has 0 bridgehead atoms. The van der Waals surface area contributed by atoms with Crippen molar-refractivity contribution in [3.63, 3.8) is 0 Å². The second-order valence-corrected chi connectivity index (χ2v) is 5.31. The fourth-order valence-electron chi connectivity index (χ4n) is 2.34. The molecule has 3 rings (SSSR count). The summed E-state index contributed by atoms with van der Waals surface area (Å²) in [4.78, 5) is 27.6. The van der Waals surface area contributed by atoms with E-state index in [4.69, 9.17) is 16.3 Å². The topological polar surface area (TPSA) is 71.2 Å². The Morgan fingerprint density at radius 1 is 1.17 bits per heavy atom. The molecule has 3 aromatic rings. The SMILES string of the molecule is COc1ccc(Cl)cc1NC(=O)C(=O)c1c[nH]c2ccccc12. The third-order valence-corrected chi connectivity index (χ3v) is 3.68. The summed E-state index contributed by atoms with van der Waals surface area (Å²) in [6, 6.07) is 12.1. The molecule has 0 aliphatic heterocycles. The number of aromatic amines is 1. The quantitative estimate of drug-likeness (QED) is 0.567. The lowest BCUT2D eigenvalue weighted by atomic mass is 10.1. The zero-order valence-corrected chi connectivity index (χ0v) is 13.0. The van der Waals surface area contributed by atoms with Gasteiger partial charge in [0.05, 0.1) is 18.4 Å². The molecule has 0 aliphatic carbocycles. The molecular formula is C17H13ClN2O3. The minimum Gasteiger partial charge on any atom is -0.495 e. The molecule has 0 saturated heterocycles. The highest BCUT2D eigenvalue weighted by molar-refractivity contribution is 6.48. The Balaban J connectivity index is 1.89. The van der Waals surface area contributed by atoms with Gasteiger partial charge in [-0.05, 0) is 24.3 Å². The van der Waals surface area contributed by atoms with Gasteiger partial charge in [-0.3, -0.25) is 9.59 Å². The summed E-state index contributed by atoms with van der Waals surface area (Å²) in [6.07, 6.45) is 1.53. The number of amides is 1. The van der Waals surface area contributed by atoms with Gasteiger partial charge in [-0.25, -0.2) is 0 Å². The van der Waals surface area contributed by atoms with Crippen molar-refractivity contribution in [1.82, 2.24) is 4.98 Å². The monoisotopic (exact) mass is 328 g/mol. The van der Waals surface area contributed by atoms with Crippen molar-refractivity contribution in [2.45, 2.75) is 0 Å². The third kappa shape index (κ3) is 2.91. The van der Waals surface area contributed by atoms with E-state index in [1.165, 1.54) is 19.4 Å². The predicted octanol–water partition coefficient (Wildman–Crippen LogP) is 3.65. The number of ketones is 1. The Hall–Kier alpha value is -2.79. The molecule has 0 unspecified atom stereocenters. The molecule has 1 aromatic heterocycles. The van der Waals surface area contributed by atoms with Gasteiger partial charge in [0.2, 0.25) is 0 Å². The number of carbonyl (C=O) groups excluding carboxylic acids is 2. The van der Waals surface area contributed by atoms with Gasteiger partial charge in [0.25, 0.3) is 11.7 Å². The molecule has 23 heavy (non-hydrogen) atoms. The molecule has 1 heterocycles. The highest BCUT2D eigenvalue weighted by Gasteiger charge is 2.21. The number of Topliss-reactive ketones (excluding diaryl/α,β-unsaturated/α-hetero) is 1. The first-order valence-corrected chi connectivity index (χ1v) is 7.23. The van der Waals surface area contributed by atoms with Gasteiger partial charge < -0.3 is 15.0 Å². The van der Waals surface area contributed by atoms with E-state index in [0.717, 1.165) is 5.52 Å². The Bertz CT molecular complexity index is 902. The summed E-state index contributed by atoms with van der Waals surface area (Å²) >= 11 is 5.92. The van der Waals surface area contributed by atoms with Crippen molar-refractivity contribution in [3.05, 3.63) is 59.2 Å². The number of nitrogens with one attached hydrogen (secondary N) is 2. The van der Waals surface area contributed by atoms with Crippen molar-refractivity contribution in [3.8, 4) is 5.75 Å². The number of hydrogen-bond donors (Lipinski definition) is 2. The van der Waals surface area contributed by atoms with Crippen molar-refractivity contribution in [2.75, 3.05) is 12.4 Å². The molecule has 2 aromatic carbocycles. The number of ether oxygens (including phenoxy) is 1.